The molecule has 1 aromatic carbocycles. The average molecular weight is 348 g/mol. The van der Waals surface area contributed by atoms with E-state index in [2.05, 4.69) is 15.2 Å². The van der Waals surface area contributed by atoms with Crippen LogP contribution in [0.25, 0.3) is 16.8 Å². The van der Waals surface area contributed by atoms with Crippen LogP contribution in [0.5, 0.6) is 0 Å². The van der Waals surface area contributed by atoms with E-state index in [0.717, 1.165) is 23.7 Å². The van der Waals surface area contributed by atoms with E-state index in [1.165, 1.54) is 12.5 Å². The molecule has 0 saturated carbocycles. The van der Waals surface area contributed by atoms with Crippen molar-refractivity contribution in [1.29, 1.82) is 0 Å². The standard InChI is InChI=1S/C17H12F4N4/c18-6-12-4-11(13-5-14(8-22-7-13)17(19,20)21)3-10-1-2-15-24-23-9-25(15)16(10)12/h3-5,7-9H,1-2,6H2. The van der Waals surface area contributed by atoms with Crippen molar-refractivity contribution in [3.05, 3.63) is 59.4 Å². The molecule has 0 saturated heterocycles. The zero-order valence-electron chi connectivity index (χ0n) is 12.9. The van der Waals surface area contributed by atoms with E-state index in [1.807, 2.05) is 0 Å². The molecule has 3 aromatic rings. The van der Waals surface area contributed by atoms with E-state index in [9.17, 15) is 17.6 Å². The van der Waals surface area contributed by atoms with Gasteiger partial charge in [-0.3, -0.25) is 9.55 Å². The molecule has 128 valence electrons. The summed E-state index contributed by atoms with van der Waals surface area (Å²) in [7, 11) is 0. The Morgan fingerprint density at radius 2 is 1.88 bits per heavy atom. The first-order chi connectivity index (χ1) is 12.0. The fourth-order valence-corrected chi connectivity index (χ4v) is 3.14. The van der Waals surface area contributed by atoms with E-state index in [-0.39, 0.29) is 0 Å². The van der Waals surface area contributed by atoms with Gasteiger partial charge < -0.3 is 0 Å². The van der Waals surface area contributed by atoms with Gasteiger partial charge in [0.25, 0.3) is 0 Å². The number of rotatable bonds is 2. The normalized spacial score (nSPS) is 13.4. The van der Waals surface area contributed by atoms with Crippen LogP contribution in [0, 0.1) is 0 Å². The van der Waals surface area contributed by atoms with Gasteiger partial charge in [0.15, 0.2) is 0 Å². The third-order valence-electron chi connectivity index (χ3n) is 4.29. The summed E-state index contributed by atoms with van der Waals surface area (Å²) in [6, 6.07) is 4.38. The van der Waals surface area contributed by atoms with Gasteiger partial charge in [0.1, 0.15) is 18.8 Å². The monoisotopic (exact) mass is 348 g/mol. The van der Waals surface area contributed by atoms with Gasteiger partial charge in [-0.2, -0.15) is 13.2 Å². The number of pyridine rings is 1. The van der Waals surface area contributed by atoms with Gasteiger partial charge in [0, 0.05) is 29.9 Å². The molecule has 25 heavy (non-hydrogen) atoms. The molecule has 3 heterocycles. The van der Waals surface area contributed by atoms with Crippen LogP contribution in [0.15, 0.2) is 36.9 Å². The lowest BCUT2D eigenvalue weighted by molar-refractivity contribution is -0.137. The maximum absolute atomic E-state index is 13.6. The topological polar surface area (TPSA) is 43.6 Å². The van der Waals surface area contributed by atoms with E-state index >= 15 is 0 Å². The Hall–Kier alpha value is -2.77. The molecule has 0 N–H and O–H groups in total. The van der Waals surface area contributed by atoms with Crippen LogP contribution in [-0.4, -0.2) is 19.7 Å². The van der Waals surface area contributed by atoms with Crippen molar-refractivity contribution in [3.63, 3.8) is 0 Å². The molecule has 1 aliphatic rings. The number of aromatic nitrogens is 4. The predicted octanol–water partition coefficient (Wildman–Crippen LogP) is 3.92. The number of benzene rings is 1. The van der Waals surface area contributed by atoms with Gasteiger partial charge in [0.05, 0.1) is 11.3 Å². The maximum Gasteiger partial charge on any atom is 0.417 e. The number of hydrogen-bond donors (Lipinski definition) is 0. The highest BCUT2D eigenvalue weighted by atomic mass is 19.4. The quantitative estimate of drug-likeness (QED) is 0.660. The van der Waals surface area contributed by atoms with Gasteiger partial charge >= 0.3 is 6.18 Å². The van der Waals surface area contributed by atoms with Crippen molar-refractivity contribution < 1.29 is 17.6 Å². The summed E-state index contributed by atoms with van der Waals surface area (Å²) in [6.45, 7) is -0.736. The van der Waals surface area contributed by atoms with Crippen LogP contribution in [0.1, 0.15) is 22.5 Å². The molecule has 0 unspecified atom stereocenters. The van der Waals surface area contributed by atoms with E-state index < -0.39 is 18.4 Å². The van der Waals surface area contributed by atoms with Crippen molar-refractivity contribution in [1.82, 2.24) is 19.7 Å². The highest BCUT2D eigenvalue weighted by molar-refractivity contribution is 5.69. The summed E-state index contributed by atoms with van der Waals surface area (Å²) in [4.78, 5) is 3.68. The van der Waals surface area contributed by atoms with E-state index in [4.69, 9.17) is 0 Å². The summed E-state index contributed by atoms with van der Waals surface area (Å²) in [6.07, 6.45) is 0.452. The average Bonchev–Trinajstić information content (AvgIpc) is 3.09. The molecule has 0 fully saturated rings. The summed E-state index contributed by atoms with van der Waals surface area (Å²) in [5.74, 6) is 0.746. The second kappa shape index (κ2) is 5.65. The molecular formula is C17H12F4N4. The maximum atomic E-state index is 13.6. The van der Waals surface area contributed by atoms with Crippen molar-refractivity contribution >= 4 is 0 Å². The van der Waals surface area contributed by atoms with Crippen molar-refractivity contribution in [3.8, 4) is 16.8 Å². The van der Waals surface area contributed by atoms with Crippen LogP contribution >= 0.6 is 0 Å². The first kappa shape index (κ1) is 15.7. The molecule has 8 heteroatoms. The lowest BCUT2D eigenvalue weighted by atomic mass is 9.94. The van der Waals surface area contributed by atoms with Gasteiger partial charge in [-0.25, -0.2) is 4.39 Å². The van der Waals surface area contributed by atoms with Gasteiger partial charge in [-0.1, -0.05) is 0 Å². The van der Waals surface area contributed by atoms with Gasteiger partial charge in [0.2, 0.25) is 0 Å². The molecule has 0 bridgehead atoms. The number of hydrogen-bond acceptors (Lipinski definition) is 3. The Labute approximate surface area is 140 Å². The first-order valence-electron chi connectivity index (χ1n) is 7.61. The molecule has 0 aliphatic carbocycles. The van der Waals surface area contributed by atoms with E-state index in [1.54, 1.807) is 16.7 Å². The van der Waals surface area contributed by atoms with Crippen LogP contribution in [-0.2, 0) is 25.7 Å². The summed E-state index contributed by atoms with van der Waals surface area (Å²) < 4.78 is 54.1. The Morgan fingerprint density at radius 1 is 1.04 bits per heavy atom. The lowest BCUT2D eigenvalue weighted by Crippen LogP contribution is -2.14. The molecule has 2 aromatic heterocycles. The third kappa shape index (κ3) is 2.67. The van der Waals surface area contributed by atoms with Crippen molar-refractivity contribution in [2.75, 3.05) is 0 Å². The van der Waals surface area contributed by atoms with Crippen LogP contribution in [0.4, 0.5) is 17.6 Å². The van der Waals surface area contributed by atoms with Crippen LogP contribution in [0.3, 0.4) is 0 Å². The highest BCUT2D eigenvalue weighted by Crippen LogP contribution is 2.35. The highest BCUT2D eigenvalue weighted by Gasteiger charge is 2.31. The van der Waals surface area contributed by atoms with Gasteiger partial charge in [-0.05, 0) is 35.7 Å². The second-order valence-electron chi connectivity index (χ2n) is 5.85. The zero-order chi connectivity index (χ0) is 17.6. The number of fused-ring (bicyclic) bond motifs is 3. The van der Waals surface area contributed by atoms with Gasteiger partial charge in [-0.15, -0.1) is 10.2 Å². The summed E-state index contributed by atoms with van der Waals surface area (Å²) in [5, 5.41) is 7.86. The second-order valence-corrected chi connectivity index (χ2v) is 5.85. The molecule has 4 rings (SSSR count). The summed E-state index contributed by atoms with van der Waals surface area (Å²) in [5.41, 5.74) is 1.92. The molecule has 4 nitrogen and oxygen atoms in total. The number of alkyl halides is 4. The zero-order valence-corrected chi connectivity index (χ0v) is 12.9. The fourth-order valence-electron chi connectivity index (χ4n) is 3.14. The predicted molar refractivity (Wildman–Crippen MR) is 81.8 cm³/mol. The molecule has 1 aliphatic heterocycles. The smallest absolute Gasteiger partial charge is 0.285 e. The Bertz CT molecular complexity index is 929. The Morgan fingerprint density at radius 3 is 2.64 bits per heavy atom. The molecule has 0 spiro atoms. The van der Waals surface area contributed by atoms with Crippen molar-refractivity contribution in [2.45, 2.75) is 25.7 Å². The SMILES string of the molecule is FCc1cc(-c2cncc(C(F)(F)F)c2)cc2c1-n1cnnc1CC2. The number of nitrogens with zero attached hydrogens (tertiary/aromatic N) is 4. The number of aryl methyl sites for hydroxylation is 2. The lowest BCUT2D eigenvalue weighted by Gasteiger charge is -2.21. The largest absolute Gasteiger partial charge is 0.417 e. The van der Waals surface area contributed by atoms with E-state index in [0.29, 0.717) is 35.2 Å². The summed E-state index contributed by atoms with van der Waals surface area (Å²) >= 11 is 0. The Kier molecular flexibility index (Phi) is 3.55. The minimum atomic E-state index is -4.47. The fraction of sp³-hybridized carbons (Fsp3) is 0.235. The Balaban J connectivity index is 1.87. The molecular weight excluding hydrogens is 336 g/mol. The van der Waals surface area contributed by atoms with Crippen LogP contribution in [0.2, 0.25) is 0 Å². The molecule has 0 radical (unpaired) electrons. The molecule has 0 atom stereocenters. The van der Waals surface area contributed by atoms with Crippen molar-refractivity contribution in [2.24, 2.45) is 0 Å². The third-order valence-corrected chi connectivity index (χ3v) is 4.29. The minimum Gasteiger partial charge on any atom is -0.285 e. The first-order valence-corrected chi connectivity index (χ1v) is 7.61. The number of halogens is 4. The van der Waals surface area contributed by atoms with Crippen LogP contribution < -0.4 is 0 Å². The molecule has 0 amide bonds. The minimum absolute atomic E-state index is 0.307.